The molecular weight excluding hydrogens is 346 g/mol. The van der Waals surface area contributed by atoms with E-state index in [9.17, 15) is 4.79 Å². The number of aryl methyl sites for hydroxylation is 2. The Morgan fingerprint density at radius 3 is 2.64 bits per heavy atom. The Kier molecular flexibility index (Phi) is 6.53. The van der Waals surface area contributed by atoms with Crippen LogP contribution in [0.2, 0.25) is 0 Å². The van der Waals surface area contributed by atoms with E-state index in [0.717, 1.165) is 13.1 Å². The molecule has 0 saturated heterocycles. The van der Waals surface area contributed by atoms with E-state index in [-0.39, 0.29) is 11.8 Å². The van der Waals surface area contributed by atoms with Gasteiger partial charge in [-0.15, -0.1) is 0 Å². The molecule has 0 unspecified atom stereocenters. The van der Waals surface area contributed by atoms with Crippen molar-refractivity contribution in [2.24, 2.45) is 0 Å². The number of carbonyl (C=O) groups is 1. The Hall–Kier alpha value is -2.59. The van der Waals surface area contributed by atoms with Crippen molar-refractivity contribution in [1.29, 1.82) is 0 Å². The van der Waals surface area contributed by atoms with Gasteiger partial charge in [-0.2, -0.15) is 0 Å². The molecule has 4 nitrogen and oxygen atoms in total. The highest BCUT2D eigenvalue weighted by atomic mass is 16.1. The number of likely N-dealkylation sites (N-methyl/N-ethyl adjacent to an activating group) is 1. The number of aromatic nitrogens is 1. The van der Waals surface area contributed by atoms with Gasteiger partial charge < -0.3 is 14.8 Å². The molecule has 0 bridgehead atoms. The maximum Gasteiger partial charge on any atom is 0.220 e. The lowest BCUT2D eigenvalue weighted by molar-refractivity contribution is -0.121. The van der Waals surface area contributed by atoms with Crippen LogP contribution in [0, 0.1) is 6.92 Å². The van der Waals surface area contributed by atoms with Gasteiger partial charge >= 0.3 is 0 Å². The number of rotatable bonds is 8. The van der Waals surface area contributed by atoms with E-state index in [1.165, 1.54) is 27.6 Å². The molecule has 28 heavy (non-hydrogen) atoms. The zero-order valence-electron chi connectivity index (χ0n) is 17.4. The van der Waals surface area contributed by atoms with Crippen LogP contribution >= 0.6 is 0 Å². The Bertz CT molecular complexity index is 942. The molecule has 1 atom stereocenters. The van der Waals surface area contributed by atoms with Gasteiger partial charge in [0.25, 0.3) is 0 Å². The van der Waals surface area contributed by atoms with Crippen molar-refractivity contribution in [1.82, 2.24) is 14.8 Å². The number of fused-ring (bicyclic) bond motifs is 1. The Morgan fingerprint density at radius 1 is 1.14 bits per heavy atom. The molecule has 1 aromatic heterocycles. The first kappa shape index (κ1) is 20.2. The summed E-state index contributed by atoms with van der Waals surface area (Å²) in [5, 5.41) is 4.31. The Labute approximate surface area is 168 Å². The number of hydrogen-bond acceptors (Lipinski definition) is 2. The molecule has 0 saturated carbocycles. The van der Waals surface area contributed by atoms with Crippen LogP contribution in [0.5, 0.6) is 0 Å². The van der Waals surface area contributed by atoms with E-state index in [4.69, 9.17) is 0 Å². The number of carbonyl (C=O) groups excluding carboxylic acids is 1. The highest BCUT2D eigenvalue weighted by molar-refractivity contribution is 5.86. The molecule has 0 fully saturated rings. The second-order valence-electron chi connectivity index (χ2n) is 7.71. The molecule has 2 aromatic carbocycles. The first-order chi connectivity index (χ1) is 13.5. The summed E-state index contributed by atoms with van der Waals surface area (Å²) in [6, 6.07) is 17.0. The average Bonchev–Trinajstić information content (AvgIpc) is 3.04. The fourth-order valence-electron chi connectivity index (χ4n) is 3.79. The van der Waals surface area contributed by atoms with E-state index in [1.54, 1.807) is 0 Å². The van der Waals surface area contributed by atoms with Crippen molar-refractivity contribution in [2.45, 2.75) is 32.7 Å². The van der Waals surface area contributed by atoms with Gasteiger partial charge in [-0.3, -0.25) is 4.79 Å². The molecule has 0 aliphatic carbocycles. The van der Waals surface area contributed by atoms with E-state index in [1.807, 2.05) is 14.1 Å². The third-order valence-electron chi connectivity index (χ3n) is 5.25. The van der Waals surface area contributed by atoms with Crippen molar-refractivity contribution in [3.05, 3.63) is 71.4 Å². The predicted octanol–water partition coefficient (Wildman–Crippen LogP) is 4.17. The van der Waals surface area contributed by atoms with Crippen LogP contribution in [0.3, 0.4) is 0 Å². The minimum Gasteiger partial charge on any atom is -0.355 e. The normalized spacial score (nSPS) is 12.5. The molecule has 4 heteroatoms. The van der Waals surface area contributed by atoms with Gasteiger partial charge in [0.15, 0.2) is 0 Å². The summed E-state index contributed by atoms with van der Waals surface area (Å²) in [6.07, 6.45) is 2.68. The second kappa shape index (κ2) is 9.07. The third-order valence-corrected chi connectivity index (χ3v) is 5.25. The topological polar surface area (TPSA) is 37.3 Å². The zero-order valence-corrected chi connectivity index (χ0v) is 17.4. The van der Waals surface area contributed by atoms with E-state index >= 15 is 0 Å². The van der Waals surface area contributed by atoms with Crippen LogP contribution in [0.4, 0.5) is 0 Å². The second-order valence-corrected chi connectivity index (χ2v) is 7.71. The van der Waals surface area contributed by atoms with Crippen LogP contribution < -0.4 is 5.32 Å². The Balaban J connectivity index is 1.97. The smallest absolute Gasteiger partial charge is 0.220 e. The lowest BCUT2D eigenvalue weighted by atomic mass is 9.87. The predicted molar refractivity (Wildman–Crippen MR) is 117 cm³/mol. The van der Waals surface area contributed by atoms with Gasteiger partial charge in [0.2, 0.25) is 5.91 Å². The fourth-order valence-corrected chi connectivity index (χ4v) is 3.79. The van der Waals surface area contributed by atoms with E-state index in [0.29, 0.717) is 13.0 Å². The number of hydrogen-bond donors (Lipinski definition) is 1. The number of para-hydroxylation sites is 1. The Morgan fingerprint density at radius 2 is 1.93 bits per heavy atom. The van der Waals surface area contributed by atoms with E-state index < -0.39 is 0 Å². The summed E-state index contributed by atoms with van der Waals surface area (Å²) in [6.45, 7) is 6.69. The van der Waals surface area contributed by atoms with Crippen LogP contribution in [0.15, 0.2) is 54.7 Å². The molecular formula is C24H31N3O. The van der Waals surface area contributed by atoms with Crippen molar-refractivity contribution >= 4 is 16.8 Å². The summed E-state index contributed by atoms with van der Waals surface area (Å²) in [4.78, 5) is 14.8. The first-order valence-electron chi connectivity index (χ1n) is 10.1. The van der Waals surface area contributed by atoms with E-state index in [2.05, 4.69) is 83.4 Å². The minimum absolute atomic E-state index is 0.0388. The molecule has 1 N–H and O–H groups in total. The highest BCUT2D eigenvalue weighted by Crippen LogP contribution is 2.35. The number of benzene rings is 2. The van der Waals surface area contributed by atoms with Gasteiger partial charge in [0, 0.05) is 49.1 Å². The molecule has 0 aliphatic heterocycles. The maximum atomic E-state index is 12.7. The molecule has 148 valence electrons. The largest absolute Gasteiger partial charge is 0.355 e. The lowest BCUT2D eigenvalue weighted by Gasteiger charge is -2.18. The van der Waals surface area contributed by atoms with Crippen LogP contribution in [0.25, 0.3) is 10.9 Å². The average molecular weight is 378 g/mol. The minimum atomic E-state index is 0.0388. The maximum absolute atomic E-state index is 12.7. The number of amides is 1. The number of nitrogens with one attached hydrogen (secondary N) is 1. The highest BCUT2D eigenvalue weighted by Gasteiger charge is 2.22. The SMILES string of the molecule is CCn1cc([C@H](CC(=O)NCCN(C)C)c2cccc(C)c2)c2ccccc21. The van der Waals surface area contributed by atoms with Gasteiger partial charge in [0.05, 0.1) is 0 Å². The molecule has 1 heterocycles. The summed E-state index contributed by atoms with van der Waals surface area (Å²) < 4.78 is 2.28. The summed E-state index contributed by atoms with van der Waals surface area (Å²) in [5.74, 6) is 0.138. The lowest BCUT2D eigenvalue weighted by Crippen LogP contribution is -2.32. The van der Waals surface area contributed by atoms with Crippen LogP contribution in [0.1, 0.15) is 36.0 Å². The molecule has 0 aliphatic rings. The third kappa shape index (κ3) is 4.63. The molecule has 3 aromatic rings. The van der Waals surface area contributed by atoms with Gasteiger partial charge in [-0.05, 0) is 45.1 Å². The van der Waals surface area contributed by atoms with Gasteiger partial charge in [-0.25, -0.2) is 0 Å². The van der Waals surface area contributed by atoms with Gasteiger partial charge in [0.1, 0.15) is 0 Å². The first-order valence-corrected chi connectivity index (χ1v) is 10.1. The number of nitrogens with zero attached hydrogens (tertiary/aromatic N) is 2. The van der Waals surface area contributed by atoms with Crippen LogP contribution in [-0.4, -0.2) is 42.6 Å². The molecule has 0 spiro atoms. The van der Waals surface area contributed by atoms with Gasteiger partial charge in [-0.1, -0.05) is 48.0 Å². The monoisotopic (exact) mass is 377 g/mol. The summed E-state index contributed by atoms with van der Waals surface area (Å²) in [5.41, 5.74) is 4.87. The van der Waals surface area contributed by atoms with Crippen molar-refractivity contribution in [2.75, 3.05) is 27.2 Å². The van der Waals surface area contributed by atoms with Crippen molar-refractivity contribution in [3.8, 4) is 0 Å². The summed E-state index contributed by atoms with van der Waals surface area (Å²) in [7, 11) is 4.03. The molecule has 0 radical (unpaired) electrons. The quantitative estimate of drug-likeness (QED) is 0.640. The van der Waals surface area contributed by atoms with Crippen molar-refractivity contribution < 1.29 is 4.79 Å². The standard InChI is InChI=1S/C24H31N3O/c1-5-27-17-22(20-11-6-7-12-23(20)27)21(19-10-8-9-18(2)15-19)16-24(28)25-13-14-26(3)4/h6-12,15,17,21H,5,13-14,16H2,1-4H3,(H,25,28)/t21-/m1/s1. The zero-order chi connectivity index (χ0) is 20.1. The summed E-state index contributed by atoms with van der Waals surface area (Å²) >= 11 is 0. The molecule has 1 amide bonds. The fraction of sp³-hybridized carbons (Fsp3) is 0.375. The molecule has 3 rings (SSSR count). The van der Waals surface area contributed by atoms with Crippen molar-refractivity contribution in [3.63, 3.8) is 0 Å². The van der Waals surface area contributed by atoms with Crippen LogP contribution in [-0.2, 0) is 11.3 Å².